The Bertz CT molecular complexity index is 541. The average molecular weight is 492 g/mol. The predicted octanol–water partition coefficient (Wildman–Crippen LogP) is 7.94. The van der Waals surface area contributed by atoms with Crippen LogP contribution in [0, 0.1) is 0 Å². The van der Waals surface area contributed by atoms with Crippen LogP contribution in [0.1, 0.15) is 136 Å². The molecule has 3 N–H and O–H groups in total. The number of unbranched alkanes of at least 4 members (excludes halogenated alkanes) is 14. The summed E-state index contributed by atoms with van der Waals surface area (Å²) in [5, 5.41) is 22.6. The molecule has 0 aromatic rings. The highest BCUT2D eigenvalue weighted by Crippen LogP contribution is 2.11. The summed E-state index contributed by atoms with van der Waals surface area (Å²) >= 11 is 0. The van der Waals surface area contributed by atoms with Gasteiger partial charge in [0.15, 0.2) is 0 Å². The second-order valence-electron chi connectivity index (χ2n) is 9.80. The maximum atomic E-state index is 12.2. The molecule has 0 spiro atoms. The molecular formula is C31H57NO3. The molecular weight excluding hydrogens is 434 g/mol. The monoisotopic (exact) mass is 491 g/mol. The quantitative estimate of drug-likeness (QED) is 0.0896. The van der Waals surface area contributed by atoms with Gasteiger partial charge in [-0.25, -0.2) is 0 Å². The first-order valence-corrected chi connectivity index (χ1v) is 14.7. The topological polar surface area (TPSA) is 69.6 Å². The fourth-order valence-corrected chi connectivity index (χ4v) is 4.03. The van der Waals surface area contributed by atoms with Gasteiger partial charge in [-0.1, -0.05) is 121 Å². The average Bonchev–Trinajstić information content (AvgIpc) is 2.86. The summed E-state index contributed by atoms with van der Waals surface area (Å²) in [6, 6.07) is -0.637. The maximum Gasteiger partial charge on any atom is 0.220 e. The zero-order valence-electron chi connectivity index (χ0n) is 23.1. The Morgan fingerprint density at radius 1 is 0.657 bits per heavy atom. The van der Waals surface area contributed by atoms with Crippen molar-refractivity contribution in [3.05, 3.63) is 36.5 Å². The number of allylic oxidation sites excluding steroid dienone is 5. The van der Waals surface area contributed by atoms with Crippen molar-refractivity contribution in [2.24, 2.45) is 0 Å². The van der Waals surface area contributed by atoms with Crippen LogP contribution in [0.15, 0.2) is 36.5 Å². The van der Waals surface area contributed by atoms with Crippen LogP contribution in [0.25, 0.3) is 0 Å². The third-order valence-electron chi connectivity index (χ3n) is 6.35. The van der Waals surface area contributed by atoms with E-state index < -0.39 is 12.1 Å². The summed E-state index contributed by atoms with van der Waals surface area (Å²) in [5.41, 5.74) is 0. The SMILES string of the molecule is CCCCC/C=C/CC/C=C/CC/C=C/C(O)C(CO)NC(=O)CCCCCCCCCCCC. The Morgan fingerprint density at radius 2 is 1.11 bits per heavy atom. The minimum atomic E-state index is -0.863. The Morgan fingerprint density at radius 3 is 1.66 bits per heavy atom. The summed E-state index contributed by atoms with van der Waals surface area (Å²) < 4.78 is 0. The highest BCUT2D eigenvalue weighted by molar-refractivity contribution is 5.76. The number of hydrogen-bond donors (Lipinski definition) is 3. The lowest BCUT2D eigenvalue weighted by Crippen LogP contribution is -2.45. The second-order valence-corrected chi connectivity index (χ2v) is 9.80. The third-order valence-corrected chi connectivity index (χ3v) is 6.35. The highest BCUT2D eigenvalue weighted by Gasteiger charge is 2.17. The van der Waals surface area contributed by atoms with Crippen LogP contribution >= 0.6 is 0 Å². The molecule has 0 rings (SSSR count). The molecule has 0 saturated carbocycles. The van der Waals surface area contributed by atoms with E-state index in [9.17, 15) is 15.0 Å². The fourth-order valence-electron chi connectivity index (χ4n) is 4.03. The van der Waals surface area contributed by atoms with Crippen molar-refractivity contribution >= 4 is 5.91 Å². The fraction of sp³-hybridized carbons (Fsp3) is 0.774. The van der Waals surface area contributed by atoms with E-state index in [0.29, 0.717) is 6.42 Å². The lowest BCUT2D eigenvalue weighted by atomic mass is 10.1. The number of aliphatic hydroxyl groups excluding tert-OH is 2. The third kappa shape index (κ3) is 24.1. The summed E-state index contributed by atoms with van der Waals surface area (Å²) in [6.45, 7) is 4.21. The van der Waals surface area contributed by atoms with Crippen molar-refractivity contribution in [2.75, 3.05) is 6.61 Å². The van der Waals surface area contributed by atoms with Crippen molar-refractivity contribution in [2.45, 2.75) is 148 Å². The molecule has 35 heavy (non-hydrogen) atoms. The number of rotatable bonds is 25. The lowest BCUT2D eigenvalue weighted by molar-refractivity contribution is -0.123. The number of aliphatic hydroxyl groups is 2. The van der Waals surface area contributed by atoms with E-state index >= 15 is 0 Å². The van der Waals surface area contributed by atoms with E-state index in [1.165, 1.54) is 77.0 Å². The highest BCUT2D eigenvalue weighted by atomic mass is 16.3. The zero-order valence-corrected chi connectivity index (χ0v) is 23.1. The smallest absolute Gasteiger partial charge is 0.220 e. The minimum Gasteiger partial charge on any atom is -0.394 e. The Kier molecular flexibility index (Phi) is 26.1. The predicted molar refractivity (Wildman–Crippen MR) is 152 cm³/mol. The zero-order chi connectivity index (χ0) is 25.8. The van der Waals surface area contributed by atoms with Gasteiger partial charge in [0.2, 0.25) is 5.91 Å². The van der Waals surface area contributed by atoms with Gasteiger partial charge >= 0.3 is 0 Å². The van der Waals surface area contributed by atoms with Crippen LogP contribution < -0.4 is 5.32 Å². The molecule has 0 fully saturated rings. The van der Waals surface area contributed by atoms with Gasteiger partial charge in [0.25, 0.3) is 0 Å². The molecule has 0 aliphatic carbocycles. The molecule has 4 heteroatoms. The Hall–Kier alpha value is -1.39. The first kappa shape index (κ1) is 33.6. The minimum absolute atomic E-state index is 0.0848. The van der Waals surface area contributed by atoms with Crippen molar-refractivity contribution < 1.29 is 15.0 Å². The van der Waals surface area contributed by atoms with Crippen LogP contribution in [-0.2, 0) is 4.79 Å². The molecule has 2 unspecified atom stereocenters. The summed E-state index contributed by atoms with van der Waals surface area (Å²) in [6.07, 6.45) is 33.5. The van der Waals surface area contributed by atoms with Crippen LogP contribution in [0.4, 0.5) is 0 Å². The van der Waals surface area contributed by atoms with Crippen LogP contribution in [0.5, 0.6) is 0 Å². The molecule has 4 nitrogen and oxygen atoms in total. The summed E-state index contributed by atoms with van der Waals surface area (Å²) in [5.74, 6) is -0.0848. The van der Waals surface area contributed by atoms with Crippen molar-refractivity contribution in [3.63, 3.8) is 0 Å². The number of carbonyl (C=O) groups excluding carboxylic acids is 1. The van der Waals surface area contributed by atoms with Crippen LogP contribution in [0.2, 0.25) is 0 Å². The normalized spacial score (nSPS) is 13.8. The molecule has 204 valence electrons. The van der Waals surface area contributed by atoms with Crippen molar-refractivity contribution in [1.82, 2.24) is 5.32 Å². The molecule has 0 saturated heterocycles. The van der Waals surface area contributed by atoms with Gasteiger partial charge < -0.3 is 15.5 Å². The van der Waals surface area contributed by atoms with Crippen molar-refractivity contribution in [3.8, 4) is 0 Å². The lowest BCUT2D eigenvalue weighted by Gasteiger charge is -2.19. The van der Waals surface area contributed by atoms with E-state index in [1.54, 1.807) is 6.08 Å². The first-order chi connectivity index (χ1) is 17.2. The van der Waals surface area contributed by atoms with E-state index in [0.717, 1.165) is 38.5 Å². The molecule has 2 atom stereocenters. The van der Waals surface area contributed by atoms with Gasteiger partial charge in [-0.3, -0.25) is 4.79 Å². The second kappa shape index (κ2) is 27.2. The molecule has 0 aliphatic heterocycles. The molecule has 0 aliphatic rings. The van der Waals surface area contributed by atoms with E-state index in [1.807, 2.05) is 6.08 Å². The van der Waals surface area contributed by atoms with Crippen molar-refractivity contribution in [1.29, 1.82) is 0 Å². The Labute approximate surface area is 217 Å². The number of carbonyl (C=O) groups is 1. The van der Waals surface area contributed by atoms with Gasteiger partial charge in [0.1, 0.15) is 0 Å². The molecule has 1 amide bonds. The van der Waals surface area contributed by atoms with Gasteiger partial charge in [0, 0.05) is 6.42 Å². The standard InChI is InChI=1S/C31H57NO3/c1-3-5-7-9-11-13-15-16-17-18-20-22-24-26-30(34)29(28-33)32-31(35)27-25-23-21-19-14-12-10-8-6-4-2/h11,13,17-18,24,26,29-30,33-34H,3-10,12,14-16,19-23,25,27-28H2,1-2H3,(H,32,35)/b13-11+,18-17+,26-24+. The van der Waals surface area contributed by atoms with E-state index in [2.05, 4.69) is 43.5 Å². The molecule has 0 aromatic heterocycles. The largest absolute Gasteiger partial charge is 0.394 e. The molecule has 0 radical (unpaired) electrons. The van der Waals surface area contributed by atoms with Crippen LogP contribution in [0.3, 0.4) is 0 Å². The number of hydrogen-bond acceptors (Lipinski definition) is 3. The Balaban J connectivity index is 3.80. The maximum absolute atomic E-state index is 12.2. The van der Waals surface area contributed by atoms with Crippen LogP contribution in [-0.4, -0.2) is 34.9 Å². The number of nitrogens with one attached hydrogen (secondary N) is 1. The van der Waals surface area contributed by atoms with Gasteiger partial charge in [-0.2, -0.15) is 0 Å². The van der Waals surface area contributed by atoms with E-state index in [-0.39, 0.29) is 12.5 Å². The molecule has 0 heterocycles. The first-order valence-electron chi connectivity index (χ1n) is 14.7. The van der Waals surface area contributed by atoms with Gasteiger partial charge in [-0.05, 0) is 44.9 Å². The molecule has 0 bridgehead atoms. The van der Waals surface area contributed by atoms with Gasteiger partial charge in [-0.15, -0.1) is 0 Å². The van der Waals surface area contributed by atoms with E-state index in [4.69, 9.17) is 0 Å². The summed E-state index contributed by atoms with van der Waals surface area (Å²) in [4.78, 5) is 12.2. The number of amides is 1. The van der Waals surface area contributed by atoms with Gasteiger partial charge in [0.05, 0.1) is 18.8 Å². The molecule has 0 aromatic carbocycles. The summed E-state index contributed by atoms with van der Waals surface area (Å²) in [7, 11) is 0.